The first-order chi connectivity index (χ1) is 7.72. The van der Waals surface area contributed by atoms with Gasteiger partial charge in [-0.3, -0.25) is 0 Å². The van der Waals surface area contributed by atoms with Gasteiger partial charge in [-0.25, -0.2) is 4.39 Å². The van der Waals surface area contributed by atoms with E-state index in [1.165, 1.54) is 18.4 Å². The van der Waals surface area contributed by atoms with E-state index in [1.54, 1.807) is 12.1 Å². The van der Waals surface area contributed by atoms with Crippen molar-refractivity contribution in [3.05, 3.63) is 35.1 Å². The maximum Gasteiger partial charge on any atom is 0.123 e. The van der Waals surface area contributed by atoms with Crippen LogP contribution in [0.4, 0.5) is 4.39 Å². The highest BCUT2D eigenvalue weighted by Gasteiger charge is 2.38. The number of rotatable bonds is 5. The number of hydrogen-bond donors (Lipinski definition) is 1. The van der Waals surface area contributed by atoms with E-state index in [2.05, 4.69) is 12.2 Å². The average Bonchev–Trinajstić information content (AvgIpc) is 2.98. The standard InChI is InChI=1S/C14H20FN/c1-3-6-16-9-11-8-14(11)13-5-4-12(15)7-10(13)2/h4-5,7,11,14,16H,3,6,8-9H2,1-2H3. The minimum atomic E-state index is -0.123. The van der Waals surface area contributed by atoms with E-state index in [0.29, 0.717) is 5.92 Å². The number of hydrogen-bond acceptors (Lipinski definition) is 1. The zero-order chi connectivity index (χ0) is 11.5. The third-order valence-corrected chi connectivity index (χ3v) is 3.39. The highest BCUT2D eigenvalue weighted by atomic mass is 19.1. The molecule has 1 aliphatic carbocycles. The molecule has 0 heterocycles. The lowest BCUT2D eigenvalue weighted by molar-refractivity contribution is 0.615. The van der Waals surface area contributed by atoms with Gasteiger partial charge in [0.05, 0.1) is 0 Å². The summed E-state index contributed by atoms with van der Waals surface area (Å²) in [5.41, 5.74) is 2.44. The molecule has 2 atom stereocenters. The Labute approximate surface area is 97.1 Å². The molecule has 2 rings (SSSR count). The van der Waals surface area contributed by atoms with Gasteiger partial charge in [-0.2, -0.15) is 0 Å². The maximum atomic E-state index is 13.0. The SMILES string of the molecule is CCCNCC1CC1c1ccc(F)cc1C. The van der Waals surface area contributed by atoms with E-state index in [-0.39, 0.29) is 5.82 Å². The fourth-order valence-electron chi connectivity index (χ4n) is 2.37. The largest absolute Gasteiger partial charge is 0.316 e. The lowest BCUT2D eigenvalue weighted by Crippen LogP contribution is -2.17. The molecule has 1 N–H and O–H groups in total. The maximum absolute atomic E-state index is 13.0. The summed E-state index contributed by atoms with van der Waals surface area (Å²) in [5, 5.41) is 3.45. The van der Waals surface area contributed by atoms with Crippen LogP contribution in [-0.4, -0.2) is 13.1 Å². The van der Waals surface area contributed by atoms with Crippen LogP contribution >= 0.6 is 0 Å². The van der Waals surface area contributed by atoms with Gasteiger partial charge in [-0.1, -0.05) is 13.0 Å². The van der Waals surface area contributed by atoms with Crippen molar-refractivity contribution in [3.63, 3.8) is 0 Å². The predicted octanol–water partition coefficient (Wildman–Crippen LogP) is 3.24. The van der Waals surface area contributed by atoms with Crippen molar-refractivity contribution >= 4 is 0 Å². The third-order valence-electron chi connectivity index (χ3n) is 3.39. The van der Waals surface area contributed by atoms with Gasteiger partial charge in [-0.15, -0.1) is 0 Å². The highest BCUT2D eigenvalue weighted by Crippen LogP contribution is 2.48. The Bertz CT molecular complexity index is 362. The van der Waals surface area contributed by atoms with Crippen molar-refractivity contribution in [1.82, 2.24) is 5.32 Å². The molecule has 0 radical (unpaired) electrons. The van der Waals surface area contributed by atoms with Gasteiger partial charge in [0.1, 0.15) is 5.82 Å². The second kappa shape index (κ2) is 4.96. The molecule has 0 bridgehead atoms. The van der Waals surface area contributed by atoms with Gasteiger partial charge in [0.25, 0.3) is 0 Å². The molecule has 1 aromatic carbocycles. The molecule has 2 heteroatoms. The van der Waals surface area contributed by atoms with Gasteiger partial charge in [0, 0.05) is 0 Å². The van der Waals surface area contributed by atoms with Crippen molar-refractivity contribution in [3.8, 4) is 0 Å². The van der Waals surface area contributed by atoms with Crippen molar-refractivity contribution in [1.29, 1.82) is 0 Å². The van der Waals surface area contributed by atoms with Crippen molar-refractivity contribution in [2.24, 2.45) is 5.92 Å². The van der Waals surface area contributed by atoms with E-state index in [9.17, 15) is 4.39 Å². The molecule has 0 aromatic heterocycles. The second-order valence-electron chi connectivity index (χ2n) is 4.81. The van der Waals surface area contributed by atoms with Gasteiger partial charge >= 0.3 is 0 Å². The summed E-state index contributed by atoms with van der Waals surface area (Å²) in [5.74, 6) is 1.29. The van der Waals surface area contributed by atoms with Gasteiger partial charge in [-0.05, 0) is 68.0 Å². The Hall–Kier alpha value is -0.890. The number of halogens is 1. The summed E-state index contributed by atoms with van der Waals surface area (Å²) in [4.78, 5) is 0. The molecule has 1 saturated carbocycles. The summed E-state index contributed by atoms with van der Waals surface area (Å²) in [7, 11) is 0. The van der Waals surface area contributed by atoms with Crippen molar-refractivity contribution in [2.45, 2.75) is 32.6 Å². The van der Waals surface area contributed by atoms with Crippen molar-refractivity contribution in [2.75, 3.05) is 13.1 Å². The molecule has 16 heavy (non-hydrogen) atoms. The molecule has 1 aromatic rings. The van der Waals surface area contributed by atoms with Crippen LogP contribution in [0.15, 0.2) is 18.2 Å². The Kier molecular flexibility index (Phi) is 3.59. The molecule has 1 nitrogen and oxygen atoms in total. The van der Waals surface area contributed by atoms with Crippen LogP contribution in [0, 0.1) is 18.7 Å². The molecule has 2 unspecified atom stereocenters. The van der Waals surface area contributed by atoms with Gasteiger partial charge < -0.3 is 5.32 Å². The lowest BCUT2D eigenvalue weighted by atomic mass is 10.0. The highest BCUT2D eigenvalue weighted by molar-refractivity contribution is 5.34. The molecular weight excluding hydrogens is 201 g/mol. The van der Waals surface area contributed by atoms with E-state index in [1.807, 2.05) is 13.0 Å². The zero-order valence-corrected chi connectivity index (χ0v) is 10.1. The van der Waals surface area contributed by atoms with E-state index < -0.39 is 0 Å². The van der Waals surface area contributed by atoms with E-state index in [0.717, 1.165) is 24.6 Å². The fourth-order valence-corrected chi connectivity index (χ4v) is 2.37. The van der Waals surface area contributed by atoms with Crippen LogP contribution < -0.4 is 5.32 Å². The first-order valence-electron chi connectivity index (χ1n) is 6.19. The Morgan fingerprint density at radius 2 is 2.25 bits per heavy atom. The molecule has 0 amide bonds. The smallest absolute Gasteiger partial charge is 0.123 e. The van der Waals surface area contributed by atoms with Gasteiger partial charge in [0.15, 0.2) is 0 Å². The Morgan fingerprint density at radius 3 is 2.94 bits per heavy atom. The van der Waals surface area contributed by atoms with Gasteiger partial charge in [0.2, 0.25) is 0 Å². The van der Waals surface area contributed by atoms with Crippen molar-refractivity contribution < 1.29 is 4.39 Å². The molecule has 1 aliphatic rings. The van der Waals surface area contributed by atoms with Crippen LogP contribution in [0.2, 0.25) is 0 Å². The fraction of sp³-hybridized carbons (Fsp3) is 0.571. The molecule has 0 saturated heterocycles. The summed E-state index contributed by atoms with van der Waals surface area (Å²) < 4.78 is 13.0. The summed E-state index contributed by atoms with van der Waals surface area (Å²) >= 11 is 0. The topological polar surface area (TPSA) is 12.0 Å². The minimum Gasteiger partial charge on any atom is -0.316 e. The van der Waals surface area contributed by atoms with Crippen LogP contribution in [-0.2, 0) is 0 Å². The van der Waals surface area contributed by atoms with Crippen LogP contribution in [0.25, 0.3) is 0 Å². The summed E-state index contributed by atoms with van der Waals surface area (Å²) in [6.45, 7) is 6.40. The summed E-state index contributed by atoms with van der Waals surface area (Å²) in [6, 6.07) is 5.18. The second-order valence-corrected chi connectivity index (χ2v) is 4.81. The first-order valence-corrected chi connectivity index (χ1v) is 6.19. The number of nitrogens with one attached hydrogen (secondary N) is 1. The molecule has 0 spiro atoms. The predicted molar refractivity (Wildman–Crippen MR) is 65.1 cm³/mol. The first kappa shape index (κ1) is 11.6. The van der Waals surface area contributed by atoms with Crippen LogP contribution in [0.5, 0.6) is 0 Å². The quantitative estimate of drug-likeness (QED) is 0.753. The number of benzene rings is 1. The third kappa shape index (κ3) is 2.62. The minimum absolute atomic E-state index is 0.123. The van der Waals surface area contributed by atoms with Crippen LogP contribution in [0.3, 0.4) is 0 Å². The Balaban J connectivity index is 1.90. The molecule has 0 aliphatic heterocycles. The Morgan fingerprint density at radius 1 is 1.44 bits per heavy atom. The molecular formula is C14H20FN. The van der Waals surface area contributed by atoms with E-state index in [4.69, 9.17) is 0 Å². The lowest BCUT2D eigenvalue weighted by Gasteiger charge is -2.06. The molecule has 88 valence electrons. The summed E-state index contributed by atoms with van der Waals surface area (Å²) in [6.07, 6.45) is 2.44. The number of aryl methyl sites for hydroxylation is 1. The van der Waals surface area contributed by atoms with Crippen LogP contribution in [0.1, 0.15) is 36.8 Å². The monoisotopic (exact) mass is 221 g/mol. The average molecular weight is 221 g/mol. The normalized spacial score (nSPS) is 23.4. The molecule has 1 fully saturated rings. The zero-order valence-electron chi connectivity index (χ0n) is 10.1. The van der Waals surface area contributed by atoms with E-state index >= 15 is 0 Å².